The van der Waals surface area contributed by atoms with Crippen LogP contribution in [0.3, 0.4) is 0 Å². The van der Waals surface area contributed by atoms with Gasteiger partial charge in [-0.25, -0.2) is 0 Å². The van der Waals surface area contributed by atoms with Crippen LogP contribution in [0.1, 0.15) is 65.2 Å². The van der Waals surface area contributed by atoms with E-state index in [4.69, 9.17) is 0 Å². The lowest BCUT2D eigenvalue weighted by molar-refractivity contribution is -0.130. The molecule has 0 bridgehead atoms. The molecule has 2 aliphatic heterocycles. The fourth-order valence-electron chi connectivity index (χ4n) is 5.74. The summed E-state index contributed by atoms with van der Waals surface area (Å²) in [5.41, 5.74) is 7.41. The summed E-state index contributed by atoms with van der Waals surface area (Å²) in [6.45, 7) is 4.93. The number of hydrogen-bond donors (Lipinski definition) is 0. The van der Waals surface area contributed by atoms with Gasteiger partial charge in [-0.05, 0) is 72.4 Å². The number of carbonyl (C=O) groups excluding carboxylic acids is 2. The zero-order valence-electron chi connectivity index (χ0n) is 21.3. The number of Topliss-reactive ketones (excluding diaryl/α,β-unsaturated/α-hetero) is 1. The molecular weight excluding hydrogens is 444 g/mol. The third-order valence-electron chi connectivity index (χ3n) is 7.94. The van der Waals surface area contributed by atoms with Crippen LogP contribution in [0.4, 0.5) is 5.69 Å². The van der Waals surface area contributed by atoms with Crippen molar-refractivity contribution in [3.63, 3.8) is 0 Å². The average Bonchev–Trinajstić information content (AvgIpc) is 2.90. The highest BCUT2D eigenvalue weighted by Gasteiger charge is 2.23. The molecule has 0 aromatic heterocycles. The number of piperidine rings is 1. The van der Waals surface area contributed by atoms with Crippen molar-refractivity contribution in [2.45, 2.75) is 58.5 Å². The minimum Gasteiger partial charge on any atom is -0.363 e. The first-order valence-electron chi connectivity index (χ1n) is 13.3. The van der Waals surface area contributed by atoms with Crippen molar-refractivity contribution >= 4 is 17.4 Å². The number of hydrogen-bond acceptors (Lipinski definition) is 3. The van der Waals surface area contributed by atoms with Crippen LogP contribution in [0, 0.1) is 5.92 Å². The summed E-state index contributed by atoms with van der Waals surface area (Å²) in [7, 11) is 0. The van der Waals surface area contributed by atoms with Gasteiger partial charge in [-0.1, -0.05) is 60.7 Å². The second kappa shape index (κ2) is 11.1. The van der Waals surface area contributed by atoms with Gasteiger partial charge in [0.1, 0.15) is 0 Å². The first kappa shape index (κ1) is 24.3. The van der Waals surface area contributed by atoms with E-state index in [-0.39, 0.29) is 11.7 Å². The summed E-state index contributed by atoms with van der Waals surface area (Å²) in [6.07, 6.45) is 5.50. The van der Waals surface area contributed by atoms with Gasteiger partial charge in [0.25, 0.3) is 0 Å². The Balaban J connectivity index is 1.31. The molecule has 3 aromatic carbocycles. The third-order valence-corrected chi connectivity index (χ3v) is 7.94. The standard InChI is InChI=1S/C32H36N2O2/c1-24(35)33-19-17-25(18-20-33)11-16-32(36)29-15-13-27-12-14-28-9-5-6-10-31(28)34(23-30(27)21-29)22-26-7-3-2-4-8-26/h2-10,13,15,21,25H,11-12,14,16-20,22-23H2,1H3. The predicted octanol–water partition coefficient (Wildman–Crippen LogP) is 6.21. The summed E-state index contributed by atoms with van der Waals surface area (Å²) < 4.78 is 0. The van der Waals surface area contributed by atoms with E-state index in [1.54, 1.807) is 6.92 Å². The number of para-hydroxylation sites is 1. The third kappa shape index (κ3) is 5.70. The van der Waals surface area contributed by atoms with Gasteiger partial charge in [0.2, 0.25) is 5.91 Å². The molecule has 4 nitrogen and oxygen atoms in total. The Bertz CT molecular complexity index is 1210. The number of likely N-dealkylation sites (tertiary alicyclic amines) is 1. The Hall–Kier alpha value is -3.40. The summed E-state index contributed by atoms with van der Waals surface area (Å²) in [5, 5.41) is 0. The first-order chi connectivity index (χ1) is 17.6. The van der Waals surface area contributed by atoms with E-state index in [1.165, 1.54) is 27.9 Å². The van der Waals surface area contributed by atoms with Crippen LogP contribution < -0.4 is 4.90 Å². The van der Waals surface area contributed by atoms with Crippen molar-refractivity contribution in [3.8, 4) is 0 Å². The molecule has 0 aliphatic carbocycles. The van der Waals surface area contributed by atoms with Crippen LogP contribution >= 0.6 is 0 Å². The molecular formula is C32H36N2O2. The molecule has 1 amide bonds. The van der Waals surface area contributed by atoms with Crippen LogP contribution in [-0.2, 0) is 30.7 Å². The van der Waals surface area contributed by atoms with Gasteiger partial charge in [0.15, 0.2) is 5.78 Å². The number of carbonyl (C=O) groups is 2. The highest BCUT2D eigenvalue weighted by molar-refractivity contribution is 5.96. The maximum atomic E-state index is 13.2. The molecule has 0 spiro atoms. The lowest BCUT2D eigenvalue weighted by atomic mass is 9.89. The van der Waals surface area contributed by atoms with Gasteiger partial charge in [-0.3, -0.25) is 9.59 Å². The Morgan fingerprint density at radius 1 is 0.833 bits per heavy atom. The first-order valence-corrected chi connectivity index (χ1v) is 13.3. The lowest BCUT2D eigenvalue weighted by Gasteiger charge is -2.31. The van der Waals surface area contributed by atoms with Crippen molar-refractivity contribution in [1.29, 1.82) is 0 Å². The Morgan fingerprint density at radius 2 is 1.56 bits per heavy atom. The van der Waals surface area contributed by atoms with E-state index < -0.39 is 0 Å². The Labute approximate surface area is 214 Å². The molecule has 0 unspecified atom stereocenters. The Kier molecular flexibility index (Phi) is 7.50. The van der Waals surface area contributed by atoms with Crippen LogP contribution in [-0.4, -0.2) is 29.7 Å². The van der Waals surface area contributed by atoms with E-state index in [0.717, 1.165) is 63.8 Å². The van der Waals surface area contributed by atoms with E-state index in [9.17, 15) is 9.59 Å². The number of anilines is 1. The summed E-state index contributed by atoms with van der Waals surface area (Å²) >= 11 is 0. The van der Waals surface area contributed by atoms with Crippen LogP contribution in [0.2, 0.25) is 0 Å². The molecule has 3 aromatic rings. The monoisotopic (exact) mass is 480 g/mol. The molecule has 2 aliphatic rings. The Morgan fingerprint density at radius 3 is 2.33 bits per heavy atom. The summed E-state index contributed by atoms with van der Waals surface area (Å²) in [4.78, 5) is 29.2. The number of benzene rings is 3. The summed E-state index contributed by atoms with van der Waals surface area (Å²) in [5.74, 6) is 0.935. The number of fused-ring (bicyclic) bond motifs is 2. The van der Waals surface area contributed by atoms with Gasteiger partial charge in [-0.15, -0.1) is 0 Å². The SMILES string of the molecule is CC(=O)N1CCC(CCC(=O)c2ccc3c(c2)CN(Cc2ccccc2)c2ccccc2CC3)CC1. The predicted molar refractivity (Wildman–Crippen MR) is 145 cm³/mol. The van der Waals surface area contributed by atoms with E-state index >= 15 is 0 Å². The number of nitrogens with zero attached hydrogens (tertiary/aromatic N) is 2. The van der Waals surface area contributed by atoms with Gasteiger partial charge < -0.3 is 9.80 Å². The maximum Gasteiger partial charge on any atom is 0.219 e. The topological polar surface area (TPSA) is 40.6 Å². The van der Waals surface area contributed by atoms with Crippen molar-refractivity contribution in [2.75, 3.05) is 18.0 Å². The molecule has 0 atom stereocenters. The average molecular weight is 481 g/mol. The highest BCUT2D eigenvalue weighted by Crippen LogP contribution is 2.31. The van der Waals surface area contributed by atoms with Crippen molar-refractivity contribution in [3.05, 3.63) is 101 Å². The van der Waals surface area contributed by atoms with Crippen LogP contribution in [0.15, 0.2) is 72.8 Å². The minimum absolute atomic E-state index is 0.161. The normalized spacial score (nSPS) is 16.0. The van der Waals surface area contributed by atoms with Gasteiger partial charge in [0, 0.05) is 50.8 Å². The largest absolute Gasteiger partial charge is 0.363 e. The number of amides is 1. The molecule has 36 heavy (non-hydrogen) atoms. The minimum atomic E-state index is 0.161. The molecule has 5 rings (SSSR count). The van der Waals surface area contributed by atoms with Gasteiger partial charge in [0.05, 0.1) is 0 Å². The fraction of sp³-hybridized carbons (Fsp3) is 0.375. The highest BCUT2D eigenvalue weighted by atomic mass is 16.2. The number of rotatable bonds is 6. The molecule has 1 saturated heterocycles. The fourth-order valence-corrected chi connectivity index (χ4v) is 5.74. The smallest absolute Gasteiger partial charge is 0.219 e. The van der Waals surface area contributed by atoms with Gasteiger partial charge >= 0.3 is 0 Å². The van der Waals surface area contributed by atoms with Crippen LogP contribution in [0.25, 0.3) is 0 Å². The molecule has 4 heteroatoms. The molecule has 1 fully saturated rings. The van der Waals surface area contributed by atoms with Gasteiger partial charge in [-0.2, -0.15) is 0 Å². The van der Waals surface area contributed by atoms with Crippen LogP contribution in [0.5, 0.6) is 0 Å². The zero-order valence-corrected chi connectivity index (χ0v) is 21.3. The lowest BCUT2D eigenvalue weighted by Crippen LogP contribution is -2.37. The number of ketones is 1. The molecule has 186 valence electrons. The maximum absolute atomic E-state index is 13.2. The van der Waals surface area contributed by atoms with Crippen molar-refractivity contribution < 1.29 is 9.59 Å². The quantitative estimate of drug-likeness (QED) is 0.394. The second-order valence-electron chi connectivity index (χ2n) is 10.4. The zero-order chi connectivity index (χ0) is 24.9. The van der Waals surface area contributed by atoms with E-state index in [0.29, 0.717) is 12.3 Å². The van der Waals surface area contributed by atoms with E-state index in [2.05, 4.69) is 71.6 Å². The molecule has 0 saturated carbocycles. The molecule has 2 heterocycles. The second-order valence-corrected chi connectivity index (χ2v) is 10.4. The van der Waals surface area contributed by atoms with E-state index in [1.807, 2.05) is 11.0 Å². The summed E-state index contributed by atoms with van der Waals surface area (Å²) in [6, 6.07) is 25.7. The number of aryl methyl sites for hydroxylation is 2. The molecule has 0 radical (unpaired) electrons. The van der Waals surface area contributed by atoms with Crippen molar-refractivity contribution in [1.82, 2.24) is 4.90 Å². The van der Waals surface area contributed by atoms with Crippen molar-refractivity contribution in [2.24, 2.45) is 5.92 Å². The molecule has 0 N–H and O–H groups in total.